The summed E-state index contributed by atoms with van der Waals surface area (Å²) < 4.78 is 0. The lowest BCUT2D eigenvalue weighted by Gasteiger charge is -2.32. The van der Waals surface area contributed by atoms with Gasteiger partial charge in [-0.05, 0) is 31.9 Å². The summed E-state index contributed by atoms with van der Waals surface area (Å²) in [7, 11) is 1.69. The van der Waals surface area contributed by atoms with Crippen molar-refractivity contribution in [2.24, 2.45) is 5.92 Å². The zero-order chi connectivity index (χ0) is 13.1. The highest BCUT2D eigenvalue weighted by Crippen LogP contribution is 2.23. The first kappa shape index (κ1) is 12.7. The van der Waals surface area contributed by atoms with E-state index in [9.17, 15) is 4.79 Å². The number of amides is 1. The SMILES string of the molecule is CNC(=O)C1CCN(c2ccc(N)c(C)n2)CC1. The fourth-order valence-electron chi connectivity index (χ4n) is 2.31. The second-order valence-corrected chi connectivity index (χ2v) is 4.72. The Hall–Kier alpha value is -1.78. The first-order valence-corrected chi connectivity index (χ1v) is 6.31. The van der Waals surface area contributed by atoms with Gasteiger partial charge in [0.15, 0.2) is 0 Å². The van der Waals surface area contributed by atoms with Crippen molar-refractivity contribution in [1.82, 2.24) is 10.3 Å². The lowest BCUT2D eigenvalue weighted by Crippen LogP contribution is -2.39. The second kappa shape index (κ2) is 5.25. The number of carbonyl (C=O) groups excluding carboxylic acids is 1. The van der Waals surface area contributed by atoms with Crippen molar-refractivity contribution in [3.63, 3.8) is 0 Å². The van der Waals surface area contributed by atoms with E-state index in [1.54, 1.807) is 7.05 Å². The quantitative estimate of drug-likeness (QED) is 0.817. The average molecular weight is 248 g/mol. The monoisotopic (exact) mass is 248 g/mol. The van der Waals surface area contributed by atoms with Crippen molar-refractivity contribution in [3.05, 3.63) is 17.8 Å². The van der Waals surface area contributed by atoms with E-state index in [-0.39, 0.29) is 11.8 Å². The topological polar surface area (TPSA) is 71.2 Å². The summed E-state index contributed by atoms with van der Waals surface area (Å²) in [5.74, 6) is 1.24. The van der Waals surface area contributed by atoms with Crippen molar-refractivity contribution >= 4 is 17.4 Å². The van der Waals surface area contributed by atoms with E-state index in [0.717, 1.165) is 43.1 Å². The first-order valence-electron chi connectivity index (χ1n) is 6.31. The third-order valence-corrected chi connectivity index (χ3v) is 3.55. The summed E-state index contributed by atoms with van der Waals surface area (Å²) in [6, 6.07) is 3.84. The van der Waals surface area contributed by atoms with Crippen molar-refractivity contribution < 1.29 is 4.79 Å². The molecule has 0 atom stereocenters. The number of nitrogens with one attached hydrogen (secondary N) is 1. The Morgan fingerprint density at radius 1 is 1.44 bits per heavy atom. The van der Waals surface area contributed by atoms with Crippen LogP contribution in [0.2, 0.25) is 0 Å². The van der Waals surface area contributed by atoms with Crippen LogP contribution in [0.5, 0.6) is 0 Å². The molecule has 5 nitrogen and oxygen atoms in total. The fraction of sp³-hybridized carbons (Fsp3) is 0.538. The number of nitrogens with zero attached hydrogens (tertiary/aromatic N) is 2. The molecule has 0 aliphatic carbocycles. The number of hydrogen-bond donors (Lipinski definition) is 2. The minimum absolute atomic E-state index is 0.140. The average Bonchev–Trinajstić information content (AvgIpc) is 2.41. The van der Waals surface area contributed by atoms with Gasteiger partial charge in [-0.15, -0.1) is 0 Å². The first-order chi connectivity index (χ1) is 8.61. The van der Waals surface area contributed by atoms with E-state index in [1.807, 2.05) is 19.1 Å². The molecule has 0 saturated carbocycles. The molecule has 0 aromatic carbocycles. The Balaban J connectivity index is 2.01. The molecule has 2 rings (SSSR count). The van der Waals surface area contributed by atoms with Gasteiger partial charge in [-0.2, -0.15) is 0 Å². The molecule has 1 aliphatic heterocycles. The third-order valence-electron chi connectivity index (χ3n) is 3.55. The van der Waals surface area contributed by atoms with Gasteiger partial charge in [0.2, 0.25) is 5.91 Å². The maximum absolute atomic E-state index is 11.5. The normalized spacial score (nSPS) is 16.7. The Morgan fingerprint density at radius 3 is 2.67 bits per heavy atom. The lowest BCUT2D eigenvalue weighted by molar-refractivity contribution is -0.125. The zero-order valence-corrected chi connectivity index (χ0v) is 10.9. The van der Waals surface area contributed by atoms with Crippen LogP contribution in [0.1, 0.15) is 18.5 Å². The molecular formula is C13H20N4O. The van der Waals surface area contributed by atoms with E-state index in [2.05, 4.69) is 15.2 Å². The van der Waals surface area contributed by atoms with Gasteiger partial charge in [0, 0.05) is 26.1 Å². The summed E-state index contributed by atoms with van der Waals surface area (Å²) in [6.07, 6.45) is 1.76. The summed E-state index contributed by atoms with van der Waals surface area (Å²) in [6.45, 7) is 3.65. The Kier molecular flexibility index (Phi) is 3.69. The molecule has 5 heteroatoms. The van der Waals surface area contributed by atoms with Crippen molar-refractivity contribution in [2.75, 3.05) is 30.8 Å². The maximum atomic E-state index is 11.5. The molecule has 0 unspecified atom stereocenters. The number of aryl methyl sites for hydroxylation is 1. The summed E-state index contributed by atoms with van der Waals surface area (Å²) >= 11 is 0. The number of pyridine rings is 1. The standard InChI is InChI=1S/C13H20N4O/c1-9-11(14)3-4-12(16-9)17-7-5-10(6-8-17)13(18)15-2/h3-4,10H,5-8,14H2,1-2H3,(H,15,18). The van der Waals surface area contributed by atoms with E-state index in [4.69, 9.17) is 5.73 Å². The van der Waals surface area contributed by atoms with Crippen LogP contribution in [0.25, 0.3) is 0 Å². The summed E-state index contributed by atoms with van der Waals surface area (Å²) in [4.78, 5) is 18.2. The zero-order valence-electron chi connectivity index (χ0n) is 10.9. The van der Waals surface area contributed by atoms with E-state index >= 15 is 0 Å². The number of piperidine rings is 1. The van der Waals surface area contributed by atoms with E-state index in [0.29, 0.717) is 0 Å². The molecule has 0 radical (unpaired) electrons. The molecule has 0 bridgehead atoms. The van der Waals surface area contributed by atoms with Crippen LogP contribution in [-0.2, 0) is 4.79 Å². The van der Waals surface area contributed by atoms with Crippen molar-refractivity contribution in [1.29, 1.82) is 0 Å². The van der Waals surface area contributed by atoms with Gasteiger partial charge >= 0.3 is 0 Å². The molecule has 2 heterocycles. The minimum Gasteiger partial charge on any atom is -0.397 e. The molecule has 1 aromatic heterocycles. The van der Waals surface area contributed by atoms with Gasteiger partial charge in [-0.25, -0.2) is 4.98 Å². The molecule has 1 saturated heterocycles. The lowest BCUT2D eigenvalue weighted by atomic mass is 9.96. The molecule has 0 spiro atoms. The molecule has 1 fully saturated rings. The van der Waals surface area contributed by atoms with Gasteiger partial charge < -0.3 is 16.0 Å². The van der Waals surface area contributed by atoms with Crippen LogP contribution in [0.15, 0.2) is 12.1 Å². The minimum atomic E-state index is 0.140. The fourth-order valence-corrected chi connectivity index (χ4v) is 2.31. The Morgan fingerprint density at radius 2 is 2.11 bits per heavy atom. The highest BCUT2D eigenvalue weighted by molar-refractivity contribution is 5.78. The highest BCUT2D eigenvalue weighted by Gasteiger charge is 2.24. The van der Waals surface area contributed by atoms with Gasteiger partial charge in [0.05, 0.1) is 11.4 Å². The van der Waals surface area contributed by atoms with Crippen LogP contribution < -0.4 is 16.0 Å². The number of hydrogen-bond acceptors (Lipinski definition) is 4. The van der Waals surface area contributed by atoms with Crippen molar-refractivity contribution in [3.8, 4) is 0 Å². The summed E-state index contributed by atoms with van der Waals surface area (Å²) in [5.41, 5.74) is 7.35. The predicted octanol–water partition coefficient (Wildman–Crippen LogP) is 0.935. The maximum Gasteiger partial charge on any atom is 0.222 e. The second-order valence-electron chi connectivity index (χ2n) is 4.72. The largest absolute Gasteiger partial charge is 0.397 e. The number of nitrogen functional groups attached to an aromatic ring is 1. The third kappa shape index (κ3) is 2.55. The van der Waals surface area contributed by atoms with E-state index < -0.39 is 0 Å². The van der Waals surface area contributed by atoms with Gasteiger partial charge in [-0.1, -0.05) is 0 Å². The molecule has 1 amide bonds. The van der Waals surface area contributed by atoms with Crippen LogP contribution >= 0.6 is 0 Å². The smallest absolute Gasteiger partial charge is 0.222 e. The van der Waals surface area contributed by atoms with Crippen LogP contribution in [0.3, 0.4) is 0 Å². The Labute approximate surface area is 107 Å². The van der Waals surface area contributed by atoms with Gasteiger partial charge in [0.25, 0.3) is 0 Å². The van der Waals surface area contributed by atoms with Crippen LogP contribution in [0.4, 0.5) is 11.5 Å². The Bertz CT molecular complexity index is 439. The summed E-state index contributed by atoms with van der Waals surface area (Å²) in [5, 5.41) is 2.72. The number of rotatable bonds is 2. The molecule has 1 aromatic rings. The van der Waals surface area contributed by atoms with Gasteiger partial charge in [0.1, 0.15) is 5.82 Å². The van der Waals surface area contributed by atoms with E-state index in [1.165, 1.54) is 0 Å². The molecule has 18 heavy (non-hydrogen) atoms. The number of anilines is 2. The van der Waals surface area contributed by atoms with Gasteiger partial charge in [-0.3, -0.25) is 4.79 Å². The molecule has 98 valence electrons. The van der Waals surface area contributed by atoms with Crippen LogP contribution in [-0.4, -0.2) is 31.0 Å². The highest BCUT2D eigenvalue weighted by atomic mass is 16.1. The van der Waals surface area contributed by atoms with Crippen LogP contribution in [0, 0.1) is 12.8 Å². The molecule has 1 aliphatic rings. The van der Waals surface area contributed by atoms with Crippen molar-refractivity contribution in [2.45, 2.75) is 19.8 Å². The predicted molar refractivity (Wildman–Crippen MR) is 72.4 cm³/mol. The number of aromatic nitrogens is 1. The number of carbonyl (C=O) groups is 1. The molecular weight excluding hydrogens is 228 g/mol. The molecule has 3 N–H and O–H groups in total. The number of nitrogens with two attached hydrogens (primary N) is 1.